The van der Waals surface area contributed by atoms with Crippen LogP contribution in [0.15, 0.2) is 24.3 Å². The van der Waals surface area contributed by atoms with Crippen LogP contribution in [-0.2, 0) is 9.53 Å². The Morgan fingerprint density at radius 2 is 1.74 bits per heavy atom. The van der Waals surface area contributed by atoms with Crippen LogP contribution in [0, 0.1) is 0 Å². The molecule has 2 heterocycles. The number of hydrogen-bond acceptors (Lipinski definition) is 7. The third-order valence-corrected chi connectivity index (χ3v) is 5.59. The summed E-state index contributed by atoms with van der Waals surface area (Å²) in [6, 6.07) is 4.67. The molecule has 3 amide bonds. The molecule has 2 N–H and O–H groups in total. The number of hydrazine groups is 1. The molecule has 0 spiro atoms. The zero-order chi connectivity index (χ0) is 19.2. The quantitative estimate of drug-likeness (QED) is 0.714. The Balaban J connectivity index is 0.00000261. The zero-order valence-corrected chi connectivity index (χ0v) is 16.3. The Morgan fingerprint density at radius 1 is 1.22 bits per heavy atom. The van der Waals surface area contributed by atoms with Crippen LogP contribution >= 0.6 is 24.2 Å². The van der Waals surface area contributed by atoms with E-state index in [0.29, 0.717) is 0 Å². The molecular formula is C16H18ClN3O6S. The van der Waals surface area contributed by atoms with E-state index >= 15 is 0 Å². The van der Waals surface area contributed by atoms with Crippen molar-refractivity contribution in [2.75, 3.05) is 7.11 Å². The lowest BCUT2D eigenvalue weighted by Gasteiger charge is -2.27. The predicted octanol–water partition coefficient (Wildman–Crippen LogP) is 1.54. The van der Waals surface area contributed by atoms with Crippen LogP contribution in [0.4, 0.5) is 4.79 Å². The van der Waals surface area contributed by atoms with Crippen molar-refractivity contribution in [2.24, 2.45) is 0 Å². The largest absolute Gasteiger partial charge is 0.480 e. The molecule has 2 aliphatic rings. The Kier molecular flexibility index (Phi) is 5.74. The number of benzene rings is 1. The molecule has 1 aromatic carbocycles. The van der Waals surface area contributed by atoms with Crippen molar-refractivity contribution < 1.29 is 29.0 Å². The van der Waals surface area contributed by atoms with E-state index in [1.165, 1.54) is 19.2 Å². The Labute approximate surface area is 165 Å². The number of halogens is 1. The van der Waals surface area contributed by atoms with Gasteiger partial charge in [0.1, 0.15) is 10.2 Å². The van der Waals surface area contributed by atoms with Gasteiger partial charge in [-0.3, -0.25) is 14.5 Å². The summed E-state index contributed by atoms with van der Waals surface area (Å²) >= 11 is 1.11. The highest BCUT2D eigenvalue weighted by Gasteiger charge is 2.53. The molecule has 9 nitrogen and oxygen atoms in total. The van der Waals surface area contributed by atoms with Crippen molar-refractivity contribution in [3.63, 3.8) is 0 Å². The SMILES string of the molecule is COC(=O)N1NC(C(C(=O)O)N2C(=O)c3ccccc3C2=O)SC1(C)C.Cl. The van der Waals surface area contributed by atoms with Gasteiger partial charge in [0.2, 0.25) is 0 Å². The number of fused-ring (bicyclic) bond motifs is 1. The summed E-state index contributed by atoms with van der Waals surface area (Å²) in [7, 11) is 1.21. The topological polar surface area (TPSA) is 116 Å². The number of carboxylic acid groups (broad SMARTS) is 1. The third kappa shape index (κ3) is 3.35. The van der Waals surface area contributed by atoms with Gasteiger partial charge in [0.15, 0.2) is 6.04 Å². The fourth-order valence-electron chi connectivity index (χ4n) is 3.01. The second-order valence-corrected chi connectivity index (χ2v) is 7.97. The van der Waals surface area contributed by atoms with E-state index in [4.69, 9.17) is 4.74 Å². The smallest absolute Gasteiger partial charge is 0.425 e. The van der Waals surface area contributed by atoms with Gasteiger partial charge < -0.3 is 9.84 Å². The maximum Gasteiger partial charge on any atom is 0.425 e. The van der Waals surface area contributed by atoms with Crippen LogP contribution in [0.25, 0.3) is 0 Å². The molecule has 1 aromatic rings. The first-order valence-electron chi connectivity index (χ1n) is 7.71. The van der Waals surface area contributed by atoms with Crippen LogP contribution in [0.1, 0.15) is 34.6 Å². The van der Waals surface area contributed by atoms with Gasteiger partial charge in [-0.1, -0.05) is 12.1 Å². The maximum atomic E-state index is 12.6. The minimum Gasteiger partial charge on any atom is -0.480 e. The molecule has 0 aromatic heterocycles. The molecule has 1 saturated heterocycles. The van der Waals surface area contributed by atoms with E-state index in [1.807, 2.05) is 0 Å². The minimum absolute atomic E-state index is 0. The lowest BCUT2D eigenvalue weighted by molar-refractivity contribution is -0.142. The number of amides is 3. The van der Waals surface area contributed by atoms with Crippen molar-refractivity contribution >= 4 is 48.0 Å². The normalized spacial score (nSPS) is 21.5. The van der Waals surface area contributed by atoms with E-state index < -0.39 is 40.2 Å². The van der Waals surface area contributed by atoms with Gasteiger partial charge in [-0.05, 0) is 26.0 Å². The Bertz CT molecular complexity index is 782. The second-order valence-electron chi connectivity index (χ2n) is 6.23. The number of aliphatic carboxylic acids is 1. The molecule has 0 radical (unpaired) electrons. The number of carbonyl (C=O) groups is 4. The molecule has 146 valence electrons. The summed E-state index contributed by atoms with van der Waals surface area (Å²) < 4.78 is 4.69. The van der Waals surface area contributed by atoms with Crippen molar-refractivity contribution in [1.82, 2.24) is 15.3 Å². The molecule has 0 saturated carbocycles. The van der Waals surface area contributed by atoms with Gasteiger partial charge in [-0.2, -0.15) is 0 Å². The molecule has 11 heteroatoms. The predicted molar refractivity (Wildman–Crippen MR) is 98.5 cm³/mol. The summed E-state index contributed by atoms with van der Waals surface area (Å²) in [6.07, 6.45) is -0.698. The van der Waals surface area contributed by atoms with Crippen LogP contribution in [0.2, 0.25) is 0 Å². The van der Waals surface area contributed by atoms with Crippen molar-refractivity contribution in [3.8, 4) is 0 Å². The molecular weight excluding hydrogens is 398 g/mol. The monoisotopic (exact) mass is 415 g/mol. The number of methoxy groups -OCH3 is 1. The third-order valence-electron chi connectivity index (χ3n) is 4.21. The van der Waals surface area contributed by atoms with Crippen LogP contribution < -0.4 is 5.43 Å². The van der Waals surface area contributed by atoms with Gasteiger partial charge in [0.25, 0.3) is 11.8 Å². The number of rotatable bonds is 3. The van der Waals surface area contributed by atoms with Crippen molar-refractivity contribution in [2.45, 2.75) is 30.1 Å². The zero-order valence-electron chi connectivity index (χ0n) is 14.7. The first-order valence-corrected chi connectivity index (χ1v) is 8.59. The van der Waals surface area contributed by atoms with Crippen molar-refractivity contribution in [1.29, 1.82) is 0 Å². The van der Waals surface area contributed by atoms with E-state index in [9.17, 15) is 24.3 Å². The first-order chi connectivity index (χ1) is 12.2. The number of nitrogens with one attached hydrogen (secondary N) is 1. The average Bonchev–Trinajstić information content (AvgIpc) is 3.03. The summed E-state index contributed by atoms with van der Waals surface area (Å²) in [5, 5.41) is 9.95. The Hall–Kier alpha value is -2.30. The van der Waals surface area contributed by atoms with Crippen molar-refractivity contribution in [3.05, 3.63) is 35.4 Å². The molecule has 1 fully saturated rings. The maximum absolute atomic E-state index is 12.6. The molecule has 2 aliphatic heterocycles. The van der Waals surface area contributed by atoms with Gasteiger partial charge in [-0.15, -0.1) is 24.2 Å². The summed E-state index contributed by atoms with van der Waals surface area (Å²) in [4.78, 5) is 49.0. The molecule has 27 heavy (non-hydrogen) atoms. The number of carbonyl (C=O) groups excluding carboxylic acids is 3. The van der Waals surface area contributed by atoms with Gasteiger partial charge in [0.05, 0.1) is 18.2 Å². The van der Waals surface area contributed by atoms with E-state index in [1.54, 1.807) is 26.0 Å². The van der Waals surface area contributed by atoms with Crippen LogP contribution in [-0.4, -0.2) is 62.3 Å². The number of imide groups is 1. The molecule has 0 bridgehead atoms. The molecule has 2 atom stereocenters. The van der Waals surface area contributed by atoms with Gasteiger partial charge in [-0.25, -0.2) is 20.0 Å². The van der Waals surface area contributed by atoms with E-state index in [0.717, 1.165) is 21.7 Å². The number of ether oxygens (including phenoxy) is 1. The standard InChI is InChI=1S/C16H17N3O6S.ClH/c1-16(2)19(15(24)25-3)17-11(26-16)10(14(22)23)18-12(20)8-6-4-5-7-9(8)13(18)21;/h4-7,10-11,17H,1-3H3,(H,22,23);1H. The number of carboxylic acids is 1. The summed E-state index contributed by atoms with van der Waals surface area (Å²) in [5.74, 6) is -2.70. The Morgan fingerprint density at radius 3 is 2.19 bits per heavy atom. The molecule has 0 aliphatic carbocycles. The van der Waals surface area contributed by atoms with Gasteiger partial charge in [0, 0.05) is 0 Å². The lowest BCUT2D eigenvalue weighted by atomic mass is 10.1. The summed E-state index contributed by atoms with van der Waals surface area (Å²) in [5.41, 5.74) is 3.08. The average molecular weight is 416 g/mol. The van der Waals surface area contributed by atoms with E-state index in [-0.39, 0.29) is 23.5 Å². The van der Waals surface area contributed by atoms with Crippen LogP contribution in [0.5, 0.6) is 0 Å². The summed E-state index contributed by atoms with van der Waals surface area (Å²) in [6.45, 7) is 3.39. The second kappa shape index (κ2) is 7.37. The molecule has 3 rings (SSSR count). The highest BCUT2D eigenvalue weighted by Crippen LogP contribution is 2.40. The van der Waals surface area contributed by atoms with Crippen LogP contribution in [0.3, 0.4) is 0 Å². The lowest BCUT2D eigenvalue weighted by Crippen LogP contribution is -2.56. The number of nitrogens with zero attached hydrogens (tertiary/aromatic N) is 2. The minimum atomic E-state index is -1.50. The number of thioether (sulfide) groups is 1. The fourth-order valence-corrected chi connectivity index (χ4v) is 4.39. The highest BCUT2D eigenvalue weighted by molar-refractivity contribution is 8.01. The highest BCUT2D eigenvalue weighted by atomic mass is 35.5. The number of hydrogen-bond donors (Lipinski definition) is 2. The van der Waals surface area contributed by atoms with Gasteiger partial charge >= 0.3 is 12.1 Å². The first kappa shape index (κ1) is 21.0. The van der Waals surface area contributed by atoms with E-state index in [2.05, 4.69) is 5.43 Å². The molecule has 2 unspecified atom stereocenters. The fraction of sp³-hybridized carbons (Fsp3) is 0.375.